The first kappa shape index (κ1) is 15.6. The van der Waals surface area contributed by atoms with Crippen LogP contribution in [0, 0.1) is 0 Å². The molecular formula is C16H19N3O3. The molecule has 0 saturated heterocycles. The molecular weight excluding hydrogens is 282 g/mol. The molecule has 0 aliphatic rings. The Morgan fingerprint density at radius 2 is 1.73 bits per heavy atom. The Balaban J connectivity index is 2.31. The van der Waals surface area contributed by atoms with Gasteiger partial charge in [-0.2, -0.15) is 5.10 Å². The maximum atomic E-state index is 5.34. The molecule has 1 heterocycles. The summed E-state index contributed by atoms with van der Waals surface area (Å²) in [5, 5.41) is 4.32. The first-order chi connectivity index (χ1) is 10.7. The largest absolute Gasteiger partial charge is 0.493 e. The predicted octanol–water partition coefficient (Wildman–Crippen LogP) is 2.94. The first-order valence-corrected chi connectivity index (χ1v) is 6.71. The van der Waals surface area contributed by atoms with Gasteiger partial charge in [-0.25, -0.2) is 4.98 Å². The van der Waals surface area contributed by atoms with Gasteiger partial charge in [0, 0.05) is 11.8 Å². The molecule has 2 aromatic rings. The molecule has 0 bridgehead atoms. The Labute approximate surface area is 129 Å². The SMILES string of the molecule is COc1cc(/C(C)=N/Nc2ccccn2)cc(OC)c1OC. The van der Waals surface area contributed by atoms with Gasteiger partial charge in [0.15, 0.2) is 11.5 Å². The molecule has 22 heavy (non-hydrogen) atoms. The number of pyridine rings is 1. The topological polar surface area (TPSA) is 65.0 Å². The molecule has 2 rings (SSSR count). The molecule has 0 aliphatic carbocycles. The van der Waals surface area contributed by atoms with E-state index in [1.165, 1.54) is 0 Å². The number of aromatic nitrogens is 1. The van der Waals surface area contributed by atoms with Gasteiger partial charge in [-0.05, 0) is 31.2 Å². The lowest BCUT2D eigenvalue weighted by Crippen LogP contribution is -2.03. The second kappa shape index (κ2) is 7.31. The number of methoxy groups -OCH3 is 3. The van der Waals surface area contributed by atoms with Crippen LogP contribution in [-0.2, 0) is 0 Å². The molecule has 0 spiro atoms. The third kappa shape index (κ3) is 3.46. The summed E-state index contributed by atoms with van der Waals surface area (Å²) >= 11 is 0. The molecule has 0 radical (unpaired) electrons. The smallest absolute Gasteiger partial charge is 0.203 e. The second-order valence-corrected chi connectivity index (χ2v) is 4.44. The highest BCUT2D eigenvalue weighted by Crippen LogP contribution is 2.38. The summed E-state index contributed by atoms with van der Waals surface area (Å²) in [6, 6.07) is 9.27. The molecule has 0 unspecified atom stereocenters. The van der Waals surface area contributed by atoms with Gasteiger partial charge >= 0.3 is 0 Å². The number of benzene rings is 1. The van der Waals surface area contributed by atoms with E-state index in [0.717, 1.165) is 11.3 Å². The Bertz CT molecular complexity index is 632. The van der Waals surface area contributed by atoms with Crippen LogP contribution < -0.4 is 19.6 Å². The zero-order valence-corrected chi connectivity index (χ0v) is 13.1. The van der Waals surface area contributed by atoms with E-state index >= 15 is 0 Å². The van der Waals surface area contributed by atoms with E-state index in [1.54, 1.807) is 27.5 Å². The number of hydrazone groups is 1. The van der Waals surface area contributed by atoms with Gasteiger partial charge in [0.05, 0.1) is 27.0 Å². The average molecular weight is 301 g/mol. The van der Waals surface area contributed by atoms with E-state index in [1.807, 2.05) is 37.3 Å². The molecule has 6 nitrogen and oxygen atoms in total. The van der Waals surface area contributed by atoms with Crippen molar-refractivity contribution in [3.05, 3.63) is 42.1 Å². The lowest BCUT2D eigenvalue weighted by molar-refractivity contribution is 0.324. The minimum absolute atomic E-state index is 0.555. The van der Waals surface area contributed by atoms with Crippen molar-refractivity contribution in [3.63, 3.8) is 0 Å². The zero-order valence-electron chi connectivity index (χ0n) is 13.1. The molecule has 0 fully saturated rings. The second-order valence-electron chi connectivity index (χ2n) is 4.44. The van der Waals surface area contributed by atoms with E-state index in [0.29, 0.717) is 23.1 Å². The third-order valence-electron chi connectivity index (χ3n) is 3.09. The average Bonchev–Trinajstić information content (AvgIpc) is 2.59. The summed E-state index contributed by atoms with van der Waals surface area (Å²) < 4.78 is 16.0. The third-order valence-corrected chi connectivity index (χ3v) is 3.09. The van der Waals surface area contributed by atoms with Gasteiger partial charge < -0.3 is 14.2 Å². The number of anilines is 1. The van der Waals surface area contributed by atoms with Gasteiger partial charge in [-0.15, -0.1) is 0 Å². The molecule has 0 aliphatic heterocycles. The van der Waals surface area contributed by atoms with E-state index in [-0.39, 0.29) is 0 Å². The first-order valence-electron chi connectivity index (χ1n) is 6.71. The highest BCUT2D eigenvalue weighted by molar-refractivity contribution is 6.00. The number of rotatable bonds is 6. The summed E-state index contributed by atoms with van der Waals surface area (Å²) in [6.07, 6.45) is 1.70. The van der Waals surface area contributed by atoms with Crippen molar-refractivity contribution in [2.75, 3.05) is 26.8 Å². The quantitative estimate of drug-likeness (QED) is 0.656. The predicted molar refractivity (Wildman–Crippen MR) is 86.2 cm³/mol. The van der Waals surface area contributed by atoms with Crippen LogP contribution in [0.15, 0.2) is 41.6 Å². The van der Waals surface area contributed by atoms with Crippen molar-refractivity contribution < 1.29 is 14.2 Å². The Morgan fingerprint density at radius 1 is 1.05 bits per heavy atom. The molecule has 6 heteroatoms. The van der Waals surface area contributed by atoms with Crippen LogP contribution in [0.3, 0.4) is 0 Å². The highest BCUT2D eigenvalue weighted by atomic mass is 16.5. The van der Waals surface area contributed by atoms with E-state index in [9.17, 15) is 0 Å². The summed E-state index contributed by atoms with van der Waals surface area (Å²) in [7, 11) is 4.74. The van der Waals surface area contributed by atoms with Crippen LogP contribution in [0.4, 0.5) is 5.82 Å². The van der Waals surface area contributed by atoms with Gasteiger partial charge in [0.25, 0.3) is 0 Å². The van der Waals surface area contributed by atoms with E-state index in [2.05, 4.69) is 15.5 Å². The minimum atomic E-state index is 0.555. The van der Waals surface area contributed by atoms with Crippen molar-refractivity contribution in [2.45, 2.75) is 6.92 Å². The van der Waals surface area contributed by atoms with E-state index < -0.39 is 0 Å². The van der Waals surface area contributed by atoms with Gasteiger partial charge in [0.2, 0.25) is 5.75 Å². The summed E-state index contributed by atoms with van der Waals surface area (Å²) in [6.45, 7) is 1.89. The number of hydrogen-bond donors (Lipinski definition) is 1. The fourth-order valence-electron chi connectivity index (χ4n) is 1.92. The lowest BCUT2D eigenvalue weighted by Gasteiger charge is -2.14. The monoisotopic (exact) mass is 301 g/mol. The summed E-state index contributed by atoms with van der Waals surface area (Å²) in [4.78, 5) is 4.15. The fraction of sp³-hybridized carbons (Fsp3) is 0.250. The molecule has 116 valence electrons. The zero-order chi connectivity index (χ0) is 15.9. The molecule has 0 atom stereocenters. The Kier molecular flexibility index (Phi) is 5.19. The van der Waals surface area contributed by atoms with Crippen LogP contribution in [0.25, 0.3) is 0 Å². The Morgan fingerprint density at radius 3 is 2.23 bits per heavy atom. The Hall–Kier alpha value is -2.76. The highest BCUT2D eigenvalue weighted by Gasteiger charge is 2.14. The van der Waals surface area contributed by atoms with Crippen LogP contribution >= 0.6 is 0 Å². The number of nitrogens with one attached hydrogen (secondary N) is 1. The molecule has 1 N–H and O–H groups in total. The van der Waals surface area contributed by atoms with Crippen LogP contribution in [0.2, 0.25) is 0 Å². The summed E-state index contributed by atoms with van der Waals surface area (Å²) in [5.41, 5.74) is 4.54. The van der Waals surface area contributed by atoms with Crippen LogP contribution in [-0.4, -0.2) is 32.0 Å². The van der Waals surface area contributed by atoms with Gasteiger partial charge in [0.1, 0.15) is 5.82 Å². The van der Waals surface area contributed by atoms with Crippen molar-refractivity contribution in [1.29, 1.82) is 0 Å². The van der Waals surface area contributed by atoms with E-state index in [4.69, 9.17) is 14.2 Å². The molecule has 0 saturated carbocycles. The summed E-state index contributed by atoms with van der Waals surface area (Å²) in [5.74, 6) is 2.40. The number of nitrogens with zero attached hydrogens (tertiary/aromatic N) is 2. The number of ether oxygens (including phenoxy) is 3. The van der Waals surface area contributed by atoms with Gasteiger partial charge in [-0.3, -0.25) is 5.43 Å². The van der Waals surface area contributed by atoms with Gasteiger partial charge in [-0.1, -0.05) is 6.07 Å². The van der Waals surface area contributed by atoms with Crippen molar-refractivity contribution in [1.82, 2.24) is 4.98 Å². The standard InChI is InChI=1S/C16H19N3O3/c1-11(18-19-15-7-5-6-8-17-15)12-9-13(20-2)16(22-4)14(10-12)21-3/h5-10H,1-4H3,(H,17,19)/b18-11+. The lowest BCUT2D eigenvalue weighted by atomic mass is 10.1. The maximum Gasteiger partial charge on any atom is 0.203 e. The minimum Gasteiger partial charge on any atom is -0.493 e. The van der Waals surface area contributed by atoms with Crippen LogP contribution in [0.1, 0.15) is 12.5 Å². The number of hydrogen-bond acceptors (Lipinski definition) is 6. The molecule has 1 aromatic carbocycles. The maximum absolute atomic E-state index is 5.34. The normalized spacial score (nSPS) is 11.0. The van der Waals surface area contributed by atoms with Crippen molar-refractivity contribution in [2.24, 2.45) is 5.10 Å². The van der Waals surface area contributed by atoms with Crippen molar-refractivity contribution >= 4 is 11.5 Å². The van der Waals surface area contributed by atoms with Crippen molar-refractivity contribution in [3.8, 4) is 17.2 Å². The fourth-order valence-corrected chi connectivity index (χ4v) is 1.92. The van der Waals surface area contributed by atoms with Crippen LogP contribution in [0.5, 0.6) is 17.2 Å². The molecule has 1 aromatic heterocycles. The molecule has 0 amide bonds.